The number of nitrogens with zero attached hydrogens (tertiary/aromatic N) is 2. The van der Waals surface area contributed by atoms with Crippen molar-refractivity contribution in [3.8, 4) is 0 Å². The number of anilines is 1. The third kappa shape index (κ3) is 2.08. The molecule has 0 fully saturated rings. The van der Waals surface area contributed by atoms with Crippen LogP contribution in [-0.2, 0) is 4.79 Å². The summed E-state index contributed by atoms with van der Waals surface area (Å²) >= 11 is 0. The van der Waals surface area contributed by atoms with Crippen molar-refractivity contribution in [1.29, 1.82) is 0 Å². The molecule has 0 saturated heterocycles. The molecule has 0 aliphatic heterocycles. The number of nitrogen functional groups attached to an aromatic ring is 1. The topological polar surface area (TPSA) is 126 Å². The second kappa shape index (κ2) is 4.13. The van der Waals surface area contributed by atoms with E-state index in [0.29, 0.717) is 0 Å². The predicted octanol–water partition coefficient (Wildman–Crippen LogP) is 0.254. The standard InChI is InChI=1S/C9H11N3O4/c1-3-5(9(15)16)11-7(12-6(3)10)4(2)8(13)14/h4H,1-2H3,(H,13,14)(H,15,16)(H2,10,11,12). The third-order valence-corrected chi connectivity index (χ3v) is 2.16. The first-order valence-electron chi connectivity index (χ1n) is 4.44. The van der Waals surface area contributed by atoms with Crippen molar-refractivity contribution < 1.29 is 19.8 Å². The summed E-state index contributed by atoms with van der Waals surface area (Å²) in [5.41, 5.74) is 5.45. The minimum atomic E-state index is -1.26. The zero-order valence-electron chi connectivity index (χ0n) is 8.76. The molecule has 16 heavy (non-hydrogen) atoms. The Morgan fingerprint density at radius 1 is 1.31 bits per heavy atom. The van der Waals surface area contributed by atoms with Crippen molar-refractivity contribution in [2.75, 3.05) is 5.73 Å². The van der Waals surface area contributed by atoms with Gasteiger partial charge < -0.3 is 15.9 Å². The van der Waals surface area contributed by atoms with E-state index in [2.05, 4.69) is 9.97 Å². The number of hydrogen-bond donors (Lipinski definition) is 3. The number of carboxylic acid groups (broad SMARTS) is 2. The number of carbonyl (C=O) groups is 2. The van der Waals surface area contributed by atoms with Gasteiger partial charge in [-0.1, -0.05) is 0 Å². The molecule has 0 saturated carbocycles. The summed E-state index contributed by atoms with van der Waals surface area (Å²) in [6, 6.07) is 0. The Hall–Kier alpha value is -2.18. The van der Waals surface area contributed by atoms with Gasteiger partial charge in [-0.2, -0.15) is 0 Å². The maximum atomic E-state index is 10.8. The zero-order valence-corrected chi connectivity index (χ0v) is 8.76. The highest BCUT2D eigenvalue weighted by Crippen LogP contribution is 2.17. The van der Waals surface area contributed by atoms with E-state index < -0.39 is 17.9 Å². The fourth-order valence-corrected chi connectivity index (χ4v) is 1.06. The van der Waals surface area contributed by atoms with Gasteiger partial charge in [0, 0.05) is 5.56 Å². The number of hydrogen-bond acceptors (Lipinski definition) is 5. The van der Waals surface area contributed by atoms with Gasteiger partial charge in [0.2, 0.25) is 0 Å². The van der Waals surface area contributed by atoms with Crippen LogP contribution in [0.25, 0.3) is 0 Å². The lowest BCUT2D eigenvalue weighted by atomic mass is 10.1. The molecule has 0 radical (unpaired) electrons. The Morgan fingerprint density at radius 2 is 1.88 bits per heavy atom. The van der Waals surface area contributed by atoms with Gasteiger partial charge in [0.1, 0.15) is 17.6 Å². The Kier molecular flexibility index (Phi) is 3.07. The van der Waals surface area contributed by atoms with Gasteiger partial charge in [-0.3, -0.25) is 4.79 Å². The molecule has 0 aromatic carbocycles. The average Bonchev–Trinajstić information content (AvgIpc) is 2.20. The first kappa shape index (κ1) is 11.9. The average molecular weight is 225 g/mol. The van der Waals surface area contributed by atoms with Crippen LogP contribution in [0.3, 0.4) is 0 Å². The molecule has 0 aliphatic carbocycles. The quantitative estimate of drug-likeness (QED) is 0.672. The Morgan fingerprint density at radius 3 is 2.31 bits per heavy atom. The predicted molar refractivity (Wildman–Crippen MR) is 54.2 cm³/mol. The number of carboxylic acids is 2. The van der Waals surface area contributed by atoms with Crippen LogP contribution in [0.15, 0.2) is 0 Å². The maximum Gasteiger partial charge on any atom is 0.354 e. The molecular weight excluding hydrogens is 214 g/mol. The smallest absolute Gasteiger partial charge is 0.354 e. The van der Waals surface area contributed by atoms with E-state index in [1.165, 1.54) is 13.8 Å². The van der Waals surface area contributed by atoms with Gasteiger partial charge in [0.15, 0.2) is 5.69 Å². The lowest BCUT2D eigenvalue weighted by molar-refractivity contribution is -0.138. The van der Waals surface area contributed by atoms with E-state index in [0.717, 1.165) is 0 Å². The molecule has 1 aromatic rings. The van der Waals surface area contributed by atoms with Crippen LogP contribution in [0.2, 0.25) is 0 Å². The number of aliphatic carboxylic acids is 1. The molecule has 0 aliphatic rings. The Labute approximate surface area is 90.9 Å². The van der Waals surface area contributed by atoms with Crippen LogP contribution in [-0.4, -0.2) is 32.1 Å². The summed E-state index contributed by atoms with van der Waals surface area (Å²) in [6.07, 6.45) is 0. The Bertz CT molecular complexity index is 458. The fourth-order valence-electron chi connectivity index (χ4n) is 1.06. The fraction of sp³-hybridized carbons (Fsp3) is 0.333. The molecule has 4 N–H and O–H groups in total. The Balaban J connectivity index is 3.34. The third-order valence-electron chi connectivity index (χ3n) is 2.16. The first-order chi connectivity index (χ1) is 7.34. The number of aromatic nitrogens is 2. The second-order valence-electron chi connectivity index (χ2n) is 3.31. The van der Waals surface area contributed by atoms with Gasteiger partial charge in [-0.15, -0.1) is 0 Å². The summed E-state index contributed by atoms with van der Waals surface area (Å²) in [5, 5.41) is 17.6. The molecule has 86 valence electrons. The van der Waals surface area contributed by atoms with Gasteiger partial charge >= 0.3 is 11.9 Å². The van der Waals surface area contributed by atoms with Gasteiger partial charge in [0.05, 0.1) is 0 Å². The van der Waals surface area contributed by atoms with Crippen LogP contribution in [0.5, 0.6) is 0 Å². The summed E-state index contributed by atoms with van der Waals surface area (Å²) in [6.45, 7) is 2.83. The van der Waals surface area contributed by atoms with Crippen molar-refractivity contribution in [2.45, 2.75) is 19.8 Å². The van der Waals surface area contributed by atoms with Crippen LogP contribution in [0, 0.1) is 6.92 Å². The van der Waals surface area contributed by atoms with E-state index in [-0.39, 0.29) is 22.9 Å². The first-order valence-corrected chi connectivity index (χ1v) is 4.44. The summed E-state index contributed by atoms with van der Waals surface area (Å²) in [5.74, 6) is -3.52. The number of aromatic carboxylic acids is 1. The highest BCUT2D eigenvalue weighted by molar-refractivity contribution is 5.88. The molecule has 1 rings (SSSR count). The van der Waals surface area contributed by atoms with E-state index in [1.807, 2.05) is 0 Å². The summed E-state index contributed by atoms with van der Waals surface area (Å²) in [4.78, 5) is 29.0. The minimum Gasteiger partial charge on any atom is -0.481 e. The van der Waals surface area contributed by atoms with Crippen molar-refractivity contribution in [3.05, 3.63) is 17.1 Å². The highest BCUT2D eigenvalue weighted by atomic mass is 16.4. The monoisotopic (exact) mass is 225 g/mol. The molecule has 0 amide bonds. The van der Waals surface area contributed by atoms with Crippen molar-refractivity contribution in [1.82, 2.24) is 9.97 Å². The highest BCUT2D eigenvalue weighted by Gasteiger charge is 2.21. The lowest BCUT2D eigenvalue weighted by Crippen LogP contribution is -2.17. The largest absolute Gasteiger partial charge is 0.481 e. The summed E-state index contributed by atoms with van der Waals surface area (Å²) in [7, 11) is 0. The maximum absolute atomic E-state index is 10.8. The normalized spacial score (nSPS) is 12.1. The molecule has 7 heteroatoms. The molecular formula is C9H11N3O4. The number of nitrogens with two attached hydrogens (primary N) is 1. The molecule has 1 atom stereocenters. The van der Waals surface area contributed by atoms with Crippen LogP contribution in [0.1, 0.15) is 34.7 Å². The minimum absolute atomic E-state index is 0.0181. The van der Waals surface area contributed by atoms with E-state index in [9.17, 15) is 9.59 Å². The van der Waals surface area contributed by atoms with Crippen molar-refractivity contribution in [2.24, 2.45) is 0 Å². The van der Waals surface area contributed by atoms with Crippen molar-refractivity contribution in [3.63, 3.8) is 0 Å². The van der Waals surface area contributed by atoms with Gasteiger partial charge in [0.25, 0.3) is 0 Å². The lowest BCUT2D eigenvalue weighted by Gasteiger charge is -2.09. The number of rotatable bonds is 3. The van der Waals surface area contributed by atoms with E-state index in [4.69, 9.17) is 15.9 Å². The molecule has 1 unspecified atom stereocenters. The van der Waals surface area contributed by atoms with Gasteiger partial charge in [-0.05, 0) is 13.8 Å². The van der Waals surface area contributed by atoms with Gasteiger partial charge in [-0.25, -0.2) is 14.8 Å². The zero-order chi connectivity index (χ0) is 12.5. The van der Waals surface area contributed by atoms with Crippen LogP contribution >= 0.6 is 0 Å². The molecule has 1 heterocycles. The summed E-state index contributed by atoms with van der Waals surface area (Å²) < 4.78 is 0. The van der Waals surface area contributed by atoms with Crippen LogP contribution in [0.4, 0.5) is 5.82 Å². The SMILES string of the molecule is Cc1c(N)nc(C(C)C(=O)O)nc1C(=O)O. The van der Waals surface area contributed by atoms with Crippen LogP contribution < -0.4 is 5.73 Å². The molecule has 0 spiro atoms. The molecule has 0 bridgehead atoms. The molecule has 7 nitrogen and oxygen atoms in total. The van der Waals surface area contributed by atoms with E-state index >= 15 is 0 Å². The van der Waals surface area contributed by atoms with Crippen molar-refractivity contribution >= 4 is 17.8 Å². The second-order valence-corrected chi connectivity index (χ2v) is 3.31. The molecule has 1 aromatic heterocycles. The van der Waals surface area contributed by atoms with E-state index in [1.54, 1.807) is 0 Å².